The fourth-order valence-electron chi connectivity index (χ4n) is 1.10. The van der Waals surface area contributed by atoms with Gasteiger partial charge < -0.3 is 15.4 Å². The Morgan fingerprint density at radius 2 is 2.31 bits per heavy atom. The van der Waals surface area contributed by atoms with Gasteiger partial charge in [-0.15, -0.1) is 0 Å². The Labute approximate surface area is 76.6 Å². The molecule has 0 radical (unpaired) electrons. The zero-order valence-corrected chi connectivity index (χ0v) is 7.66. The van der Waals surface area contributed by atoms with Gasteiger partial charge in [-0.2, -0.15) is 0 Å². The Morgan fingerprint density at radius 1 is 1.62 bits per heavy atom. The molecule has 0 saturated carbocycles. The molecule has 0 atom stereocenters. The molecule has 0 aliphatic heterocycles. The predicted molar refractivity (Wildman–Crippen MR) is 51.6 cm³/mol. The molecular weight excluding hydrogens is 168 g/mol. The maximum absolute atomic E-state index is 11.3. The third-order valence-electron chi connectivity index (χ3n) is 1.93. The molecule has 4 nitrogen and oxygen atoms in total. The van der Waals surface area contributed by atoms with Crippen LogP contribution in [-0.4, -0.2) is 16.3 Å². The highest BCUT2D eigenvalue weighted by molar-refractivity contribution is 5.42. The van der Waals surface area contributed by atoms with Crippen molar-refractivity contribution in [2.45, 2.75) is 19.9 Å². The number of nitrogens with two attached hydrogens (primary N) is 1. The number of aliphatic hydroxyl groups excluding tert-OH is 1. The lowest BCUT2D eigenvalue weighted by atomic mass is 10.2. The number of hydrogen-bond acceptors (Lipinski definition) is 3. The highest BCUT2D eigenvalue weighted by Crippen LogP contribution is 2.05. The number of rotatable bonds is 3. The fraction of sp³-hybridized carbons (Fsp3) is 0.444. The van der Waals surface area contributed by atoms with E-state index >= 15 is 0 Å². The molecule has 72 valence electrons. The molecule has 13 heavy (non-hydrogen) atoms. The summed E-state index contributed by atoms with van der Waals surface area (Å²) in [4.78, 5) is 11.3. The molecule has 0 aromatic carbocycles. The minimum absolute atomic E-state index is 0.0693. The van der Waals surface area contributed by atoms with Crippen molar-refractivity contribution >= 4 is 5.69 Å². The Morgan fingerprint density at radius 3 is 2.92 bits per heavy atom. The molecule has 1 aromatic heterocycles. The van der Waals surface area contributed by atoms with Gasteiger partial charge >= 0.3 is 0 Å². The highest BCUT2D eigenvalue weighted by Gasteiger charge is 1.99. The van der Waals surface area contributed by atoms with Crippen molar-refractivity contribution in [3.63, 3.8) is 0 Å². The van der Waals surface area contributed by atoms with Crippen molar-refractivity contribution in [2.75, 3.05) is 12.3 Å². The summed E-state index contributed by atoms with van der Waals surface area (Å²) in [6.45, 7) is 2.40. The SMILES string of the molecule is Cc1cc(=O)n(CCCO)cc1N. The van der Waals surface area contributed by atoms with Crippen molar-refractivity contribution < 1.29 is 5.11 Å². The van der Waals surface area contributed by atoms with Crippen molar-refractivity contribution in [1.82, 2.24) is 4.57 Å². The first-order valence-corrected chi connectivity index (χ1v) is 4.22. The molecule has 1 rings (SSSR count). The first-order valence-electron chi connectivity index (χ1n) is 4.22. The molecule has 0 fully saturated rings. The fourth-order valence-corrected chi connectivity index (χ4v) is 1.10. The minimum Gasteiger partial charge on any atom is -0.397 e. The van der Waals surface area contributed by atoms with Crippen LogP contribution in [0.3, 0.4) is 0 Å². The van der Waals surface area contributed by atoms with Gasteiger partial charge in [0.25, 0.3) is 5.56 Å². The molecule has 1 heterocycles. The normalized spacial score (nSPS) is 10.3. The topological polar surface area (TPSA) is 68.2 Å². The van der Waals surface area contributed by atoms with E-state index in [1.54, 1.807) is 13.1 Å². The molecule has 3 N–H and O–H groups in total. The van der Waals surface area contributed by atoms with Crippen molar-refractivity contribution in [3.8, 4) is 0 Å². The van der Waals surface area contributed by atoms with Crippen LogP contribution in [0.1, 0.15) is 12.0 Å². The van der Waals surface area contributed by atoms with E-state index in [-0.39, 0.29) is 12.2 Å². The Kier molecular flexibility index (Phi) is 3.08. The first-order chi connectivity index (χ1) is 6.15. The maximum atomic E-state index is 11.3. The number of aliphatic hydroxyl groups is 1. The summed E-state index contributed by atoms with van der Waals surface area (Å²) in [5, 5.41) is 8.60. The van der Waals surface area contributed by atoms with E-state index in [9.17, 15) is 4.79 Å². The van der Waals surface area contributed by atoms with E-state index in [0.717, 1.165) is 5.56 Å². The second-order valence-electron chi connectivity index (χ2n) is 3.02. The van der Waals surface area contributed by atoms with Crippen LogP contribution in [0.2, 0.25) is 0 Å². The number of anilines is 1. The Balaban J connectivity index is 2.95. The van der Waals surface area contributed by atoms with Crippen molar-refractivity contribution in [1.29, 1.82) is 0 Å². The lowest BCUT2D eigenvalue weighted by Crippen LogP contribution is -2.20. The molecule has 0 unspecified atom stereocenters. The largest absolute Gasteiger partial charge is 0.397 e. The van der Waals surface area contributed by atoms with Crippen LogP contribution in [0.5, 0.6) is 0 Å². The molecule has 0 amide bonds. The molecule has 0 aliphatic rings. The summed E-state index contributed by atoms with van der Waals surface area (Å²) < 4.78 is 1.51. The summed E-state index contributed by atoms with van der Waals surface area (Å²) in [5.74, 6) is 0. The number of pyridine rings is 1. The summed E-state index contributed by atoms with van der Waals surface area (Å²) in [7, 11) is 0. The third kappa shape index (κ3) is 2.32. The van der Waals surface area contributed by atoms with Crippen LogP contribution < -0.4 is 11.3 Å². The number of nitrogens with zero attached hydrogens (tertiary/aromatic N) is 1. The van der Waals surface area contributed by atoms with Crippen LogP contribution in [0.15, 0.2) is 17.1 Å². The van der Waals surface area contributed by atoms with Gasteiger partial charge in [0, 0.05) is 25.4 Å². The van der Waals surface area contributed by atoms with Gasteiger partial charge in [0.2, 0.25) is 0 Å². The van der Waals surface area contributed by atoms with E-state index in [0.29, 0.717) is 18.7 Å². The van der Waals surface area contributed by atoms with Gasteiger partial charge in [-0.3, -0.25) is 4.79 Å². The second-order valence-corrected chi connectivity index (χ2v) is 3.02. The third-order valence-corrected chi connectivity index (χ3v) is 1.93. The minimum atomic E-state index is -0.0693. The van der Waals surface area contributed by atoms with Gasteiger partial charge in [-0.25, -0.2) is 0 Å². The van der Waals surface area contributed by atoms with Crippen LogP contribution in [0, 0.1) is 6.92 Å². The monoisotopic (exact) mass is 182 g/mol. The molecular formula is C9H14N2O2. The van der Waals surface area contributed by atoms with Crippen LogP contribution in [0.4, 0.5) is 5.69 Å². The predicted octanol–water partition coefficient (Wildman–Crippen LogP) is 0.121. The van der Waals surface area contributed by atoms with Crippen LogP contribution >= 0.6 is 0 Å². The molecule has 0 spiro atoms. The summed E-state index contributed by atoms with van der Waals surface area (Å²) in [6.07, 6.45) is 2.19. The van der Waals surface area contributed by atoms with Gasteiger partial charge in [0.1, 0.15) is 0 Å². The van der Waals surface area contributed by atoms with E-state index in [1.165, 1.54) is 10.6 Å². The molecule has 4 heteroatoms. The molecule has 1 aromatic rings. The first kappa shape index (κ1) is 9.80. The number of hydrogen-bond donors (Lipinski definition) is 2. The van der Waals surface area contributed by atoms with E-state index < -0.39 is 0 Å². The van der Waals surface area contributed by atoms with E-state index in [4.69, 9.17) is 10.8 Å². The molecule has 0 saturated heterocycles. The van der Waals surface area contributed by atoms with Crippen LogP contribution in [-0.2, 0) is 6.54 Å². The second kappa shape index (κ2) is 4.09. The summed E-state index contributed by atoms with van der Waals surface area (Å²) >= 11 is 0. The lowest BCUT2D eigenvalue weighted by molar-refractivity contribution is 0.279. The van der Waals surface area contributed by atoms with Crippen LogP contribution in [0.25, 0.3) is 0 Å². The molecule has 0 aliphatic carbocycles. The van der Waals surface area contributed by atoms with E-state index in [2.05, 4.69) is 0 Å². The van der Waals surface area contributed by atoms with Gasteiger partial charge in [0.05, 0.1) is 5.69 Å². The number of nitrogen functional groups attached to an aromatic ring is 1. The zero-order chi connectivity index (χ0) is 9.84. The summed E-state index contributed by atoms with van der Waals surface area (Å²) in [6, 6.07) is 1.51. The highest BCUT2D eigenvalue weighted by atomic mass is 16.3. The zero-order valence-electron chi connectivity index (χ0n) is 7.66. The standard InChI is InChI=1S/C9H14N2O2/c1-7-5-9(13)11(3-2-4-12)6-8(7)10/h5-6,12H,2-4,10H2,1H3. The van der Waals surface area contributed by atoms with E-state index in [1.807, 2.05) is 0 Å². The van der Waals surface area contributed by atoms with Gasteiger partial charge in [-0.05, 0) is 18.9 Å². The number of aromatic nitrogens is 1. The Hall–Kier alpha value is -1.29. The summed E-state index contributed by atoms with van der Waals surface area (Å²) in [5.41, 5.74) is 6.98. The van der Waals surface area contributed by atoms with Gasteiger partial charge in [-0.1, -0.05) is 0 Å². The maximum Gasteiger partial charge on any atom is 0.250 e. The van der Waals surface area contributed by atoms with Crippen molar-refractivity contribution in [3.05, 3.63) is 28.2 Å². The van der Waals surface area contributed by atoms with Crippen molar-refractivity contribution in [2.24, 2.45) is 0 Å². The number of aryl methyl sites for hydroxylation is 2. The smallest absolute Gasteiger partial charge is 0.250 e. The average Bonchev–Trinajstić information content (AvgIpc) is 2.09. The van der Waals surface area contributed by atoms with Gasteiger partial charge in [0.15, 0.2) is 0 Å². The lowest BCUT2D eigenvalue weighted by Gasteiger charge is -2.06. The quantitative estimate of drug-likeness (QED) is 0.697. The molecule has 0 bridgehead atoms. The Bertz CT molecular complexity index is 344. The average molecular weight is 182 g/mol.